The molecule has 12 heavy (non-hydrogen) atoms. The van der Waals surface area contributed by atoms with Gasteiger partial charge in [0.25, 0.3) is 0 Å². The first kappa shape index (κ1) is 10.0. The van der Waals surface area contributed by atoms with E-state index in [-0.39, 0.29) is 0 Å². The molecule has 72 valence electrons. The molecule has 0 bridgehead atoms. The minimum absolute atomic E-state index is 0.323. The third-order valence-electron chi connectivity index (χ3n) is 2.71. The molecule has 2 nitrogen and oxygen atoms in total. The summed E-state index contributed by atoms with van der Waals surface area (Å²) in [5.41, 5.74) is 5.79. The van der Waals surface area contributed by atoms with E-state index in [1.54, 1.807) is 0 Å². The van der Waals surface area contributed by atoms with Gasteiger partial charge in [-0.3, -0.25) is 4.90 Å². The molecule has 2 N–H and O–H groups in total. The third-order valence-corrected chi connectivity index (χ3v) is 2.71. The number of nitrogens with zero attached hydrogens (tertiary/aromatic N) is 1. The fourth-order valence-corrected chi connectivity index (χ4v) is 2.20. The van der Waals surface area contributed by atoms with Gasteiger partial charge in [0.1, 0.15) is 0 Å². The van der Waals surface area contributed by atoms with Crippen LogP contribution >= 0.6 is 0 Å². The van der Waals surface area contributed by atoms with Crippen molar-refractivity contribution in [2.45, 2.75) is 45.7 Å². The average Bonchev–Trinajstić information content (AvgIpc) is 2.33. The summed E-state index contributed by atoms with van der Waals surface area (Å²) in [6, 6.07) is 1.11. The Morgan fingerprint density at radius 1 is 1.42 bits per heavy atom. The molecule has 0 aliphatic carbocycles. The highest BCUT2D eigenvalue weighted by molar-refractivity contribution is 4.82. The predicted octanol–water partition coefficient (Wildman–Crippen LogP) is 1.45. The molecule has 1 unspecified atom stereocenters. The lowest BCUT2D eigenvalue weighted by atomic mass is 10.0. The molecule has 2 atom stereocenters. The molecule has 2 heteroatoms. The van der Waals surface area contributed by atoms with Crippen molar-refractivity contribution >= 4 is 0 Å². The first-order valence-corrected chi connectivity index (χ1v) is 5.11. The van der Waals surface area contributed by atoms with Crippen LogP contribution in [0.15, 0.2) is 0 Å². The zero-order valence-electron chi connectivity index (χ0n) is 8.59. The molecule has 1 aliphatic rings. The van der Waals surface area contributed by atoms with Gasteiger partial charge in [0.2, 0.25) is 0 Å². The summed E-state index contributed by atoms with van der Waals surface area (Å²) < 4.78 is 0. The van der Waals surface area contributed by atoms with E-state index in [1.165, 1.54) is 19.4 Å². The number of nitrogens with two attached hydrogens (primary N) is 1. The van der Waals surface area contributed by atoms with Crippen LogP contribution in [0.4, 0.5) is 0 Å². The van der Waals surface area contributed by atoms with E-state index in [1.807, 2.05) is 0 Å². The summed E-state index contributed by atoms with van der Waals surface area (Å²) in [6.07, 6.45) is 2.72. The normalized spacial score (nSPS) is 28.2. The van der Waals surface area contributed by atoms with Gasteiger partial charge in [0.05, 0.1) is 0 Å². The highest BCUT2D eigenvalue weighted by Crippen LogP contribution is 2.23. The summed E-state index contributed by atoms with van der Waals surface area (Å²) >= 11 is 0. The molecule has 0 spiro atoms. The second-order valence-corrected chi connectivity index (χ2v) is 4.43. The Hall–Kier alpha value is -0.0800. The van der Waals surface area contributed by atoms with Crippen molar-refractivity contribution in [3.05, 3.63) is 0 Å². The Morgan fingerprint density at radius 3 is 2.58 bits per heavy atom. The van der Waals surface area contributed by atoms with Crippen molar-refractivity contribution in [2.24, 2.45) is 11.7 Å². The molecule has 0 aromatic heterocycles. The minimum Gasteiger partial charge on any atom is -0.327 e. The van der Waals surface area contributed by atoms with Crippen molar-refractivity contribution in [3.8, 4) is 0 Å². The number of rotatable bonds is 3. The molecule has 0 radical (unpaired) electrons. The lowest BCUT2D eigenvalue weighted by Crippen LogP contribution is -2.40. The molecular weight excluding hydrogens is 148 g/mol. The van der Waals surface area contributed by atoms with Crippen LogP contribution in [0.3, 0.4) is 0 Å². The number of hydrogen-bond acceptors (Lipinski definition) is 2. The van der Waals surface area contributed by atoms with E-state index >= 15 is 0 Å². The topological polar surface area (TPSA) is 29.3 Å². The molecular formula is C10H22N2. The average molecular weight is 170 g/mol. The lowest BCUT2D eigenvalue weighted by Gasteiger charge is -2.28. The lowest BCUT2D eigenvalue weighted by molar-refractivity contribution is 0.198. The smallest absolute Gasteiger partial charge is 0.0139 e. The second kappa shape index (κ2) is 4.24. The van der Waals surface area contributed by atoms with E-state index in [0.29, 0.717) is 6.04 Å². The van der Waals surface area contributed by atoms with Crippen molar-refractivity contribution < 1.29 is 0 Å². The molecule has 1 rings (SSSR count). The Labute approximate surface area is 76.1 Å². The molecule has 1 heterocycles. The standard InChI is InChI=1S/C10H22N2/c1-8(2)10-5-4-6-12(10)7-9(3)11/h8-10H,4-7,11H2,1-3H3/t9-,10?/m1/s1. The first-order valence-electron chi connectivity index (χ1n) is 5.11. The largest absolute Gasteiger partial charge is 0.327 e. The van der Waals surface area contributed by atoms with Gasteiger partial charge in [-0.1, -0.05) is 13.8 Å². The van der Waals surface area contributed by atoms with Crippen LogP contribution in [-0.4, -0.2) is 30.1 Å². The van der Waals surface area contributed by atoms with Gasteiger partial charge in [0.15, 0.2) is 0 Å². The predicted molar refractivity (Wildman–Crippen MR) is 53.1 cm³/mol. The van der Waals surface area contributed by atoms with Crippen molar-refractivity contribution in [2.75, 3.05) is 13.1 Å². The van der Waals surface area contributed by atoms with Crippen LogP contribution in [0.25, 0.3) is 0 Å². The highest BCUT2D eigenvalue weighted by atomic mass is 15.2. The van der Waals surface area contributed by atoms with E-state index in [0.717, 1.165) is 18.5 Å². The second-order valence-electron chi connectivity index (χ2n) is 4.43. The van der Waals surface area contributed by atoms with Gasteiger partial charge in [-0.15, -0.1) is 0 Å². The number of hydrogen-bond donors (Lipinski definition) is 1. The van der Waals surface area contributed by atoms with Gasteiger partial charge in [-0.05, 0) is 32.2 Å². The fraction of sp³-hybridized carbons (Fsp3) is 1.00. The maximum atomic E-state index is 5.79. The monoisotopic (exact) mass is 170 g/mol. The van der Waals surface area contributed by atoms with Gasteiger partial charge in [0, 0.05) is 18.6 Å². The van der Waals surface area contributed by atoms with Crippen LogP contribution in [0.1, 0.15) is 33.6 Å². The number of likely N-dealkylation sites (tertiary alicyclic amines) is 1. The third kappa shape index (κ3) is 2.46. The molecule has 1 fully saturated rings. The Bertz CT molecular complexity index is 132. The maximum Gasteiger partial charge on any atom is 0.0139 e. The van der Waals surface area contributed by atoms with E-state index in [9.17, 15) is 0 Å². The zero-order valence-corrected chi connectivity index (χ0v) is 8.59. The zero-order chi connectivity index (χ0) is 9.14. The van der Waals surface area contributed by atoms with E-state index in [2.05, 4.69) is 25.7 Å². The summed E-state index contributed by atoms with van der Waals surface area (Å²) in [5, 5.41) is 0. The quantitative estimate of drug-likeness (QED) is 0.694. The molecule has 1 aliphatic heterocycles. The van der Waals surface area contributed by atoms with Gasteiger partial charge in [-0.25, -0.2) is 0 Å². The molecule has 0 aromatic rings. The van der Waals surface area contributed by atoms with Gasteiger partial charge >= 0.3 is 0 Å². The molecule has 0 amide bonds. The van der Waals surface area contributed by atoms with Gasteiger partial charge < -0.3 is 5.73 Å². The summed E-state index contributed by atoms with van der Waals surface area (Å²) in [5.74, 6) is 0.784. The Morgan fingerprint density at radius 2 is 2.08 bits per heavy atom. The van der Waals surface area contributed by atoms with E-state index in [4.69, 9.17) is 5.73 Å². The fourth-order valence-electron chi connectivity index (χ4n) is 2.20. The van der Waals surface area contributed by atoms with Crippen LogP contribution in [0.2, 0.25) is 0 Å². The van der Waals surface area contributed by atoms with Crippen LogP contribution in [0.5, 0.6) is 0 Å². The summed E-state index contributed by atoms with van der Waals surface area (Å²) in [7, 11) is 0. The van der Waals surface area contributed by atoms with Gasteiger partial charge in [-0.2, -0.15) is 0 Å². The Kier molecular flexibility index (Phi) is 3.53. The minimum atomic E-state index is 0.323. The maximum absolute atomic E-state index is 5.79. The van der Waals surface area contributed by atoms with Crippen LogP contribution in [0, 0.1) is 5.92 Å². The SMILES string of the molecule is CC(C)C1CCCN1C[C@@H](C)N. The molecule has 0 aromatic carbocycles. The van der Waals surface area contributed by atoms with E-state index < -0.39 is 0 Å². The van der Waals surface area contributed by atoms with Crippen molar-refractivity contribution in [1.82, 2.24) is 4.90 Å². The molecule has 0 saturated carbocycles. The van der Waals surface area contributed by atoms with Crippen LogP contribution in [-0.2, 0) is 0 Å². The first-order chi connectivity index (χ1) is 5.61. The van der Waals surface area contributed by atoms with Crippen LogP contribution < -0.4 is 5.73 Å². The summed E-state index contributed by atoms with van der Waals surface area (Å²) in [6.45, 7) is 9.04. The highest BCUT2D eigenvalue weighted by Gasteiger charge is 2.26. The van der Waals surface area contributed by atoms with Crippen molar-refractivity contribution in [1.29, 1.82) is 0 Å². The van der Waals surface area contributed by atoms with Crippen molar-refractivity contribution in [3.63, 3.8) is 0 Å². The molecule has 1 saturated heterocycles. The Balaban J connectivity index is 2.41. The summed E-state index contributed by atoms with van der Waals surface area (Å²) in [4.78, 5) is 2.55.